The summed E-state index contributed by atoms with van der Waals surface area (Å²) >= 11 is 0. The van der Waals surface area contributed by atoms with Gasteiger partial charge in [-0.25, -0.2) is 4.98 Å². The van der Waals surface area contributed by atoms with Gasteiger partial charge >= 0.3 is 0 Å². The van der Waals surface area contributed by atoms with E-state index in [4.69, 9.17) is 4.98 Å². The summed E-state index contributed by atoms with van der Waals surface area (Å²) in [5.41, 5.74) is 4.39. The molecule has 0 bridgehead atoms. The number of carbonyl (C=O) groups excluding carboxylic acids is 2. The summed E-state index contributed by atoms with van der Waals surface area (Å²) in [6.07, 6.45) is 0.946. The highest BCUT2D eigenvalue weighted by Crippen LogP contribution is 2.23. The van der Waals surface area contributed by atoms with Gasteiger partial charge in [0.25, 0.3) is 17.4 Å². The Hall–Kier alpha value is -4.06. The van der Waals surface area contributed by atoms with Crippen LogP contribution in [0.4, 0.5) is 0 Å². The lowest BCUT2D eigenvalue weighted by Crippen LogP contribution is -2.31. The molecule has 6 heteroatoms. The highest BCUT2D eigenvalue weighted by atomic mass is 16.2. The highest BCUT2D eigenvalue weighted by Gasteiger charge is 2.34. The Kier molecular flexibility index (Phi) is 5.13. The fourth-order valence-corrected chi connectivity index (χ4v) is 4.31. The number of amides is 2. The molecule has 2 heterocycles. The average molecular weight is 437 g/mol. The molecule has 1 aromatic heterocycles. The Morgan fingerprint density at radius 1 is 0.788 bits per heavy atom. The maximum Gasteiger partial charge on any atom is 0.265 e. The van der Waals surface area contributed by atoms with Crippen LogP contribution in [0.5, 0.6) is 0 Å². The summed E-state index contributed by atoms with van der Waals surface area (Å²) in [6, 6.07) is 20.1. The van der Waals surface area contributed by atoms with Gasteiger partial charge in [-0.1, -0.05) is 30.3 Å². The Bertz CT molecular complexity index is 1450. The smallest absolute Gasteiger partial charge is 0.265 e. The van der Waals surface area contributed by atoms with Crippen LogP contribution in [-0.2, 0) is 6.42 Å². The first-order chi connectivity index (χ1) is 16.0. The molecular formula is C27H23N3O3. The van der Waals surface area contributed by atoms with Crippen molar-refractivity contribution in [1.29, 1.82) is 0 Å². The summed E-state index contributed by atoms with van der Waals surface area (Å²) < 4.78 is 1.65. The zero-order chi connectivity index (χ0) is 23.1. The monoisotopic (exact) mass is 437 g/mol. The Morgan fingerprint density at radius 2 is 1.45 bits per heavy atom. The number of fused-ring (bicyclic) bond motifs is 2. The van der Waals surface area contributed by atoms with Gasteiger partial charge in [-0.05, 0) is 67.8 Å². The lowest BCUT2D eigenvalue weighted by Gasteiger charge is -2.17. The number of nitrogens with zero attached hydrogens (tertiary/aromatic N) is 3. The lowest BCUT2D eigenvalue weighted by atomic mass is 10.1. The maximum absolute atomic E-state index is 13.4. The van der Waals surface area contributed by atoms with Gasteiger partial charge in [0.05, 0.1) is 27.7 Å². The second-order valence-corrected chi connectivity index (χ2v) is 8.37. The molecule has 0 unspecified atom stereocenters. The molecule has 2 amide bonds. The molecule has 0 fully saturated rings. The van der Waals surface area contributed by atoms with Gasteiger partial charge in [0.2, 0.25) is 0 Å². The van der Waals surface area contributed by atoms with Gasteiger partial charge in [-0.3, -0.25) is 23.9 Å². The summed E-state index contributed by atoms with van der Waals surface area (Å²) in [6.45, 7) is 4.31. The standard InChI is InChI=1S/C27H23N3O3/c1-17-13-14-19(16-18(17)2)30-24(28-23-11-6-5-10-22(23)27(30)33)12-7-15-29-25(31)20-8-3-4-9-21(20)26(29)32/h3-6,8-11,13-14,16H,7,12,15H2,1-2H3. The van der Waals surface area contributed by atoms with Crippen LogP contribution in [0.1, 0.15) is 44.1 Å². The van der Waals surface area contributed by atoms with Crippen LogP contribution in [0.3, 0.4) is 0 Å². The molecule has 1 aliphatic rings. The third-order valence-electron chi connectivity index (χ3n) is 6.25. The number of hydrogen-bond acceptors (Lipinski definition) is 4. The van der Waals surface area contributed by atoms with E-state index in [0.29, 0.717) is 40.7 Å². The largest absolute Gasteiger partial charge is 0.274 e. The van der Waals surface area contributed by atoms with Gasteiger partial charge in [-0.15, -0.1) is 0 Å². The number of imide groups is 1. The van der Waals surface area contributed by atoms with Crippen LogP contribution in [0.25, 0.3) is 16.6 Å². The molecule has 0 spiro atoms. The van der Waals surface area contributed by atoms with E-state index in [-0.39, 0.29) is 23.9 Å². The molecule has 3 aromatic carbocycles. The topological polar surface area (TPSA) is 72.3 Å². The number of aryl methyl sites for hydroxylation is 3. The molecule has 4 aromatic rings. The van der Waals surface area contributed by atoms with Crippen molar-refractivity contribution >= 4 is 22.7 Å². The molecule has 1 aliphatic heterocycles. The summed E-state index contributed by atoms with van der Waals surface area (Å²) in [7, 11) is 0. The van der Waals surface area contributed by atoms with Gasteiger partial charge in [0, 0.05) is 13.0 Å². The molecular weight excluding hydrogens is 414 g/mol. The Morgan fingerprint density at radius 3 is 2.15 bits per heavy atom. The van der Waals surface area contributed by atoms with Gasteiger partial charge < -0.3 is 0 Å². The van der Waals surface area contributed by atoms with Crippen molar-refractivity contribution in [3.8, 4) is 5.69 Å². The van der Waals surface area contributed by atoms with E-state index in [9.17, 15) is 14.4 Å². The van der Waals surface area contributed by atoms with E-state index in [1.165, 1.54) is 4.90 Å². The molecule has 6 nitrogen and oxygen atoms in total. The molecule has 0 saturated carbocycles. The second kappa shape index (κ2) is 8.13. The summed E-state index contributed by atoms with van der Waals surface area (Å²) in [5.74, 6) is 0.0702. The van der Waals surface area contributed by atoms with Crippen LogP contribution in [0.15, 0.2) is 71.5 Å². The quantitative estimate of drug-likeness (QED) is 0.438. The lowest BCUT2D eigenvalue weighted by molar-refractivity contribution is 0.0652. The highest BCUT2D eigenvalue weighted by molar-refractivity contribution is 6.21. The van der Waals surface area contributed by atoms with E-state index in [1.54, 1.807) is 34.9 Å². The minimum Gasteiger partial charge on any atom is -0.274 e. The SMILES string of the molecule is Cc1ccc(-n2c(CCCN3C(=O)c4ccccc4C3=O)nc3ccccc3c2=O)cc1C. The third kappa shape index (κ3) is 3.53. The van der Waals surface area contributed by atoms with Crippen LogP contribution in [0.2, 0.25) is 0 Å². The first-order valence-corrected chi connectivity index (χ1v) is 11.0. The van der Waals surface area contributed by atoms with E-state index in [0.717, 1.165) is 16.8 Å². The molecule has 0 saturated heterocycles. The third-order valence-corrected chi connectivity index (χ3v) is 6.25. The molecule has 0 radical (unpaired) electrons. The van der Waals surface area contributed by atoms with E-state index in [1.807, 2.05) is 50.2 Å². The van der Waals surface area contributed by atoms with Crippen molar-refractivity contribution in [2.24, 2.45) is 0 Å². The predicted molar refractivity (Wildman–Crippen MR) is 127 cm³/mol. The summed E-state index contributed by atoms with van der Waals surface area (Å²) in [4.78, 5) is 44.8. The molecule has 164 valence electrons. The van der Waals surface area contributed by atoms with E-state index < -0.39 is 0 Å². The van der Waals surface area contributed by atoms with E-state index >= 15 is 0 Å². The van der Waals surface area contributed by atoms with Crippen LogP contribution in [-0.4, -0.2) is 32.8 Å². The summed E-state index contributed by atoms with van der Waals surface area (Å²) in [5, 5.41) is 0.555. The first-order valence-electron chi connectivity index (χ1n) is 11.0. The minimum absolute atomic E-state index is 0.125. The average Bonchev–Trinajstić information content (AvgIpc) is 3.06. The van der Waals surface area contributed by atoms with Crippen molar-refractivity contribution in [2.45, 2.75) is 26.7 Å². The number of benzene rings is 3. The van der Waals surface area contributed by atoms with Crippen molar-refractivity contribution in [1.82, 2.24) is 14.5 Å². The number of hydrogen-bond donors (Lipinski definition) is 0. The maximum atomic E-state index is 13.4. The van der Waals surface area contributed by atoms with Crippen molar-refractivity contribution in [2.75, 3.05) is 6.54 Å². The molecule has 0 aliphatic carbocycles. The van der Waals surface area contributed by atoms with Gasteiger partial charge in [-0.2, -0.15) is 0 Å². The normalized spacial score (nSPS) is 13.1. The second-order valence-electron chi connectivity index (χ2n) is 8.37. The predicted octanol–water partition coefficient (Wildman–Crippen LogP) is 4.23. The molecule has 0 atom stereocenters. The van der Waals surface area contributed by atoms with E-state index in [2.05, 4.69) is 0 Å². The number of para-hydroxylation sites is 1. The molecule has 5 rings (SSSR count). The Labute approximate surface area is 191 Å². The molecule has 0 N–H and O–H groups in total. The fourth-order valence-electron chi connectivity index (χ4n) is 4.31. The minimum atomic E-state index is -0.270. The van der Waals surface area contributed by atoms with Crippen LogP contribution < -0.4 is 5.56 Å². The van der Waals surface area contributed by atoms with Crippen LogP contribution >= 0.6 is 0 Å². The van der Waals surface area contributed by atoms with Crippen molar-refractivity contribution in [3.63, 3.8) is 0 Å². The van der Waals surface area contributed by atoms with Crippen molar-refractivity contribution < 1.29 is 9.59 Å². The number of rotatable bonds is 5. The Balaban J connectivity index is 1.48. The number of carbonyl (C=O) groups is 2. The van der Waals surface area contributed by atoms with Gasteiger partial charge in [0.1, 0.15) is 5.82 Å². The zero-order valence-electron chi connectivity index (χ0n) is 18.5. The molecule has 33 heavy (non-hydrogen) atoms. The van der Waals surface area contributed by atoms with Crippen LogP contribution in [0, 0.1) is 13.8 Å². The first kappa shape index (κ1) is 20.8. The fraction of sp³-hybridized carbons (Fsp3) is 0.185. The number of aromatic nitrogens is 2. The zero-order valence-corrected chi connectivity index (χ0v) is 18.5. The van der Waals surface area contributed by atoms with Crippen molar-refractivity contribution in [3.05, 3.63) is 105 Å². The van der Waals surface area contributed by atoms with Gasteiger partial charge in [0.15, 0.2) is 0 Å².